The van der Waals surface area contributed by atoms with Gasteiger partial charge in [-0.15, -0.1) is 0 Å². The van der Waals surface area contributed by atoms with Gasteiger partial charge in [-0.25, -0.2) is 4.99 Å². The highest BCUT2D eigenvalue weighted by Crippen LogP contribution is 2.33. The Bertz CT molecular complexity index is 2360. The number of aryl methyl sites for hydroxylation is 2. The fraction of sp³-hybridized carbons (Fsp3) is 0.429. The smallest absolute Gasteiger partial charge is 0.294 e. The molecule has 0 amide bonds. The van der Waals surface area contributed by atoms with Crippen LogP contribution in [0.3, 0.4) is 0 Å². The van der Waals surface area contributed by atoms with Gasteiger partial charge in [0.05, 0.1) is 33.4 Å². The number of hydrogen-bond acceptors (Lipinski definition) is 10. The quantitative estimate of drug-likeness (QED) is 0.0149. The van der Waals surface area contributed by atoms with Crippen LogP contribution >= 0.6 is 0 Å². The molecule has 5 rings (SSSR count). The minimum Gasteiger partial charge on any atom is -0.507 e. The van der Waals surface area contributed by atoms with Crippen LogP contribution in [0, 0.1) is 10.1 Å². The van der Waals surface area contributed by atoms with Crippen LogP contribution in [-0.2, 0) is 12.8 Å². The minimum absolute atomic E-state index is 0.0108. The zero-order chi connectivity index (χ0) is 47.3. The minimum atomic E-state index is -0.528. The van der Waals surface area contributed by atoms with Gasteiger partial charge in [0.15, 0.2) is 0 Å². The van der Waals surface area contributed by atoms with Gasteiger partial charge in [-0.2, -0.15) is 20.5 Å². The van der Waals surface area contributed by atoms with E-state index < -0.39 is 4.92 Å². The third kappa shape index (κ3) is 19.6. The number of phenols is 2. The Kier molecular flexibility index (Phi) is 23.1. The number of nitrogens with zero attached hydrogens (tertiary/aromatic N) is 7. The topological polar surface area (TPSA) is 158 Å². The number of aliphatic imine (C=N–C) groups is 2. The van der Waals surface area contributed by atoms with E-state index in [1.54, 1.807) is 24.3 Å². The molecule has 0 bridgehead atoms. The summed E-state index contributed by atoms with van der Waals surface area (Å²) < 4.78 is 0. The molecule has 0 aromatic heterocycles. The van der Waals surface area contributed by atoms with E-state index in [-0.39, 0.29) is 22.9 Å². The molecule has 5 aromatic carbocycles. The Morgan fingerprint density at radius 3 is 1.21 bits per heavy atom. The average Bonchev–Trinajstić information content (AvgIpc) is 3.34. The van der Waals surface area contributed by atoms with Crippen molar-refractivity contribution in [2.45, 2.75) is 155 Å². The number of aromatic hydroxyl groups is 2. The largest absolute Gasteiger partial charge is 0.507 e. The molecule has 67 heavy (non-hydrogen) atoms. The highest BCUT2D eigenvalue weighted by Gasteiger charge is 2.14. The highest BCUT2D eigenvalue weighted by atomic mass is 16.6. The predicted molar refractivity (Wildman–Crippen MR) is 276 cm³/mol. The number of hydrogen-bond donors (Lipinski definition) is 2. The zero-order valence-electron chi connectivity index (χ0n) is 39.9. The molecule has 0 unspecified atom stereocenters. The first-order chi connectivity index (χ1) is 32.8. The van der Waals surface area contributed by atoms with E-state index >= 15 is 0 Å². The molecule has 0 aliphatic carbocycles. The van der Waals surface area contributed by atoms with Crippen molar-refractivity contribution in [3.8, 4) is 11.5 Å². The molecule has 0 radical (unpaired) electrons. The van der Waals surface area contributed by atoms with E-state index in [0.29, 0.717) is 33.9 Å². The van der Waals surface area contributed by atoms with Crippen LogP contribution in [0.4, 0.5) is 39.8 Å². The molecule has 0 fully saturated rings. The molecule has 0 aliphatic heterocycles. The lowest BCUT2D eigenvalue weighted by molar-refractivity contribution is -0.384. The van der Waals surface area contributed by atoms with Crippen molar-refractivity contribution < 1.29 is 15.1 Å². The molecular formula is C56H71N7O4. The number of benzene rings is 5. The second-order valence-corrected chi connectivity index (χ2v) is 17.5. The summed E-state index contributed by atoms with van der Waals surface area (Å²) >= 11 is 0. The van der Waals surface area contributed by atoms with Crippen molar-refractivity contribution in [1.29, 1.82) is 0 Å². The van der Waals surface area contributed by atoms with E-state index in [4.69, 9.17) is 0 Å². The first-order valence-electron chi connectivity index (χ1n) is 24.8. The molecule has 11 heteroatoms. The van der Waals surface area contributed by atoms with Crippen molar-refractivity contribution in [3.63, 3.8) is 0 Å². The van der Waals surface area contributed by atoms with Gasteiger partial charge >= 0.3 is 0 Å². The summed E-state index contributed by atoms with van der Waals surface area (Å²) in [5.41, 5.74) is 5.88. The maximum Gasteiger partial charge on any atom is 0.294 e. The monoisotopic (exact) mass is 906 g/mol. The third-order valence-electron chi connectivity index (χ3n) is 11.9. The molecule has 0 spiro atoms. The Labute approximate surface area is 398 Å². The number of rotatable bonds is 31. The molecule has 0 aliphatic rings. The summed E-state index contributed by atoms with van der Waals surface area (Å²) in [6.07, 6.45) is 31.3. The van der Waals surface area contributed by atoms with Gasteiger partial charge in [0.2, 0.25) is 0 Å². The second kappa shape index (κ2) is 30.0. The van der Waals surface area contributed by atoms with Crippen LogP contribution < -0.4 is 0 Å². The van der Waals surface area contributed by atoms with Gasteiger partial charge in [0, 0.05) is 29.6 Å². The highest BCUT2D eigenvalue weighted by molar-refractivity contribution is 5.89. The first kappa shape index (κ1) is 51.6. The maximum absolute atomic E-state index is 12.0. The van der Waals surface area contributed by atoms with Gasteiger partial charge < -0.3 is 10.2 Å². The summed E-state index contributed by atoms with van der Waals surface area (Å²) in [5.74, 6) is -0.0803. The van der Waals surface area contributed by atoms with Crippen molar-refractivity contribution in [2.75, 3.05) is 0 Å². The fourth-order valence-corrected chi connectivity index (χ4v) is 7.87. The third-order valence-corrected chi connectivity index (χ3v) is 11.9. The molecule has 0 saturated heterocycles. The van der Waals surface area contributed by atoms with Crippen molar-refractivity contribution >= 4 is 52.2 Å². The molecule has 2 N–H and O–H groups in total. The number of unbranched alkanes of at least 4 members (excludes halogenated alkanes) is 18. The van der Waals surface area contributed by atoms with E-state index in [1.807, 2.05) is 24.3 Å². The molecule has 11 nitrogen and oxygen atoms in total. The number of nitro benzene ring substituents is 1. The summed E-state index contributed by atoms with van der Waals surface area (Å²) in [6.45, 7) is 4.52. The van der Waals surface area contributed by atoms with Crippen LogP contribution in [0.15, 0.2) is 134 Å². The molecule has 0 atom stereocenters. The Balaban J connectivity index is 1.13. The predicted octanol–water partition coefficient (Wildman–Crippen LogP) is 18.3. The van der Waals surface area contributed by atoms with E-state index in [1.165, 1.54) is 182 Å². The van der Waals surface area contributed by atoms with Crippen molar-refractivity contribution in [2.24, 2.45) is 30.4 Å². The van der Waals surface area contributed by atoms with Gasteiger partial charge in [0.25, 0.3) is 5.69 Å². The summed E-state index contributed by atoms with van der Waals surface area (Å²) in [6, 6.07) is 30.1. The van der Waals surface area contributed by atoms with Crippen LogP contribution in [0.25, 0.3) is 0 Å². The van der Waals surface area contributed by atoms with Crippen LogP contribution in [0.5, 0.6) is 11.5 Å². The lowest BCUT2D eigenvalue weighted by Crippen LogP contribution is -1.89. The van der Waals surface area contributed by atoms with Crippen molar-refractivity contribution in [3.05, 3.63) is 135 Å². The summed E-state index contributed by atoms with van der Waals surface area (Å²) in [7, 11) is 0. The van der Waals surface area contributed by atoms with Gasteiger partial charge in [-0.3, -0.25) is 15.1 Å². The Hall–Kier alpha value is -6.36. The Morgan fingerprint density at radius 2 is 0.791 bits per heavy atom. The van der Waals surface area contributed by atoms with Gasteiger partial charge in [-0.1, -0.05) is 154 Å². The SMILES string of the molecule is CCCCCCCCCCCCc1ccc(N=Nc2ccc(O)c(C=Nc3ccc([N+](=O)[O-])c(N=Cc4cc(N=Nc5ccc(CCCCCCCCCCCC)cc5)ccc4O)c3)c2)cc1. The average molecular weight is 906 g/mol. The van der Waals surface area contributed by atoms with Crippen LogP contribution in [0.2, 0.25) is 0 Å². The van der Waals surface area contributed by atoms with Crippen molar-refractivity contribution in [1.82, 2.24) is 0 Å². The molecule has 0 saturated carbocycles. The van der Waals surface area contributed by atoms with Crippen LogP contribution in [-0.4, -0.2) is 27.6 Å². The molecule has 5 aromatic rings. The van der Waals surface area contributed by atoms with E-state index in [0.717, 1.165) is 18.5 Å². The molecule has 354 valence electrons. The lowest BCUT2D eigenvalue weighted by Gasteiger charge is -2.04. The van der Waals surface area contributed by atoms with Gasteiger partial charge in [-0.05, 0) is 110 Å². The molecule has 0 heterocycles. The first-order valence-corrected chi connectivity index (χ1v) is 24.8. The number of azo groups is 2. The number of nitro groups is 1. The normalized spacial score (nSPS) is 11.9. The van der Waals surface area contributed by atoms with Gasteiger partial charge in [0.1, 0.15) is 17.2 Å². The number of phenolic OH excluding ortho intramolecular Hbond substituents is 2. The van der Waals surface area contributed by atoms with E-state index in [9.17, 15) is 20.3 Å². The fourth-order valence-electron chi connectivity index (χ4n) is 7.87. The second-order valence-electron chi connectivity index (χ2n) is 17.5. The Morgan fingerprint density at radius 1 is 0.433 bits per heavy atom. The van der Waals surface area contributed by atoms with Crippen LogP contribution in [0.1, 0.15) is 165 Å². The summed E-state index contributed by atoms with van der Waals surface area (Å²) in [5, 5.41) is 50.7. The van der Waals surface area contributed by atoms with E-state index in [2.05, 4.69) is 68.6 Å². The molecular weight excluding hydrogens is 835 g/mol. The zero-order valence-corrected chi connectivity index (χ0v) is 39.9. The maximum atomic E-state index is 12.0. The standard InChI is InChI=1S/C56H71N7O4/c1-3-5-7-9-11-13-15-17-19-21-23-44-25-29-48(30-26-44)59-61-51-34-37-55(64)46(39-51)42-57-50-33-36-54(63(66)67)53(41-50)58-43-47-40-52(35-38-56(47)65)62-60-49-31-27-45(28-32-49)24-22-20-18-16-14-12-10-8-6-4-2/h25-43,64-65H,3-24H2,1-2H3. The lowest BCUT2D eigenvalue weighted by atomic mass is 10.0. The summed E-state index contributed by atoms with van der Waals surface area (Å²) in [4.78, 5) is 20.3.